The van der Waals surface area contributed by atoms with Crippen molar-refractivity contribution in [3.05, 3.63) is 28.8 Å². The fourth-order valence-corrected chi connectivity index (χ4v) is 2.98. The molecule has 2 unspecified atom stereocenters. The number of hydrogen-bond acceptors (Lipinski definition) is 3. The van der Waals surface area contributed by atoms with Crippen molar-refractivity contribution in [3.8, 4) is 5.75 Å². The Hall–Kier alpha value is -1.42. The number of ether oxygens (including phenoxy) is 1. The highest BCUT2D eigenvalue weighted by molar-refractivity contribution is 6.30. The van der Waals surface area contributed by atoms with Crippen LogP contribution < -0.4 is 10.5 Å². The first-order valence-corrected chi connectivity index (χ1v) is 7.47. The highest BCUT2D eigenvalue weighted by Crippen LogP contribution is 2.32. The molecule has 1 saturated carbocycles. The number of benzene rings is 1. The van der Waals surface area contributed by atoms with Gasteiger partial charge in [0.05, 0.1) is 5.56 Å². The van der Waals surface area contributed by atoms with Gasteiger partial charge in [0.2, 0.25) is 0 Å². The minimum atomic E-state index is 0.0422. The lowest BCUT2D eigenvalue weighted by atomic mass is 9.84. The number of rotatable bonds is 4. The first kappa shape index (κ1) is 15.0. The summed E-state index contributed by atoms with van der Waals surface area (Å²) in [5.74, 6) is 1.20. The Morgan fingerprint density at radius 3 is 2.90 bits per heavy atom. The molecular weight excluding hydrogens is 276 g/mol. The lowest BCUT2D eigenvalue weighted by Crippen LogP contribution is -2.30. The van der Waals surface area contributed by atoms with Gasteiger partial charge in [0, 0.05) is 5.02 Å². The van der Waals surface area contributed by atoms with Crippen molar-refractivity contribution in [2.75, 3.05) is 0 Å². The van der Waals surface area contributed by atoms with Crippen LogP contribution >= 0.6 is 11.6 Å². The fraction of sp³-hybridized carbons (Fsp3) is 0.533. The largest absolute Gasteiger partial charge is 0.489 e. The minimum Gasteiger partial charge on any atom is -0.489 e. The van der Waals surface area contributed by atoms with Gasteiger partial charge in [-0.2, -0.15) is 0 Å². The quantitative estimate of drug-likeness (QED) is 0.384. The third-order valence-electron chi connectivity index (χ3n) is 3.97. The van der Waals surface area contributed by atoms with E-state index in [2.05, 4.69) is 12.1 Å². The van der Waals surface area contributed by atoms with Gasteiger partial charge in [-0.05, 0) is 49.8 Å². The average Bonchev–Trinajstić information content (AvgIpc) is 2.47. The maximum Gasteiger partial charge on any atom is 0.173 e. The van der Waals surface area contributed by atoms with Crippen molar-refractivity contribution in [1.29, 1.82) is 0 Å². The molecule has 0 bridgehead atoms. The molecule has 1 aromatic rings. The predicted octanol–water partition coefficient (Wildman–Crippen LogP) is 3.78. The summed E-state index contributed by atoms with van der Waals surface area (Å²) < 4.78 is 6.14. The number of amidine groups is 1. The molecule has 0 amide bonds. The van der Waals surface area contributed by atoms with E-state index in [0.29, 0.717) is 22.3 Å². The van der Waals surface area contributed by atoms with Crippen LogP contribution in [-0.2, 0) is 0 Å². The van der Waals surface area contributed by atoms with Gasteiger partial charge in [-0.1, -0.05) is 30.1 Å². The van der Waals surface area contributed by atoms with E-state index < -0.39 is 0 Å². The predicted molar refractivity (Wildman–Crippen MR) is 80.6 cm³/mol. The van der Waals surface area contributed by atoms with Gasteiger partial charge >= 0.3 is 0 Å². The van der Waals surface area contributed by atoms with Crippen molar-refractivity contribution in [2.24, 2.45) is 16.8 Å². The Bertz CT molecular complexity index is 491. The normalized spacial score (nSPS) is 23.6. The molecule has 0 radical (unpaired) electrons. The van der Waals surface area contributed by atoms with E-state index in [0.717, 1.165) is 12.8 Å². The Kier molecular flexibility index (Phi) is 5.12. The van der Waals surface area contributed by atoms with Gasteiger partial charge in [-0.3, -0.25) is 0 Å². The van der Waals surface area contributed by atoms with Gasteiger partial charge in [0.25, 0.3) is 0 Å². The van der Waals surface area contributed by atoms with E-state index >= 15 is 0 Å². The number of nitrogens with zero attached hydrogens (tertiary/aromatic N) is 1. The lowest BCUT2D eigenvalue weighted by molar-refractivity contribution is 0.0902. The summed E-state index contributed by atoms with van der Waals surface area (Å²) in [7, 11) is 0. The zero-order chi connectivity index (χ0) is 14.5. The van der Waals surface area contributed by atoms with Crippen molar-refractivity contribution in [3.63, 3.8) is 0 Å². The van der Waals surface area contributed by atoms with Crippen LogP contribution in [0.4, 0.5) is 0 Å². The SMILES string of the molecule is CCC1CCCCC1Oc1cc(Cl)ccc1C(N)=NO. The fourth-order valence-electron chi connectivity index (χ4n) is 2.82. The summed E-state index contributed by atoms with van der Waals surface area (Å²) >= 11 is 6.03. The molecule has 0 heterocycles. The monoisotopic (exact) mass is 296 g/mol. The van der Waals surface area contributed by atoms with Gasteiger partial charge in [-0.15, -0.1) is 0 Å². The highest BCUT2D eigenvalue weighted by atomic mass is 35.5. The van der Waals surface area contributed by atoms with Gasteiger partial charge in [-0.25, -0.2) is 0 Å². The molecule has 0 aliphatic heterocycles. The second-order valence-electron chi connectivity index (χ2n) is 5.23. The molecule has 1 fully saturated rings. The van der Waals surface area contributed by atoms with Crippen LogP contribution in [0.25, 0.3) is 0 Å². The summed E-state index contributed by atoms with van der Waals surface area (Å²) in [5.41, 5.74) is 6.28. The molecule has 20 heavy (non-hydrogen) atoms. The van der Waals surface area contributed by atoms with Crippen LogP contribution in [0, 0.1) is 5.92 Å². The smallest absolute Gasteiger partial charge is 0.173 e. The second-order valence-corrected chi connectivity index (χ2v) is 5.67. The van der Waals surface area contributed by atoms with E-state index in [4.69, 9.17) is 27.3 Å². The third-order valence-corrected chi connectivity index (χ3v) is 4.20. The molecule has 2 atom stereocenters. The van der Waals surface area contributed by atoms with E-state index in [9.17, 15) is 0 Å². The summed E-state index contributed by atoms with van der Waals surface area (Å²) in [6, 6.07) is 5.16. The van der Waals surface area contributed by atoms with Crippen LogP contribution in [0.1, 0.15) is 44.6 Å². The molecule has 0 saturated heterocycles. The number of nitrogens with two attached hydrogens (primary N) is 1. The summed E-state index contributed by atoms with van der Waals surface area (Å²) in [6.07, 6.45) is 5.96. The molecule has 0 aromatic heterocycles. The summed E-state index contributed by atoms with van der Waals surface area (Å²) in [5, 5.41) is 12.5. The first-order valence-electron chi connectivity index (χ1n) is 7.09. The lowest BCUT2D eigenvalue weighted by Gasteiger charge is -2.31. The van der Waals surface area contributed by atoms with Gasteiger partial charge < -0.3 is 15.7 Å². The van der Waals surface area contributed by atoms with Crippen LogP contribution in [0.2, 0.25) is 5.02 Å². The minimum absolute atomic E-state index is 0.0422. The third kappa shape index (κ3) is 3.37. The molecule has 1 aliphatic carbocycles. The van der Waals surface area contributed by atoms with E-state index in [1.807, 2.05) is 0 Å². The number of hydrogen-bond donors (Lipinski definition) is 2. The topological polar surface area (TPSA) is 67.8 Å². The molecule has 2 rings (SSSR count). The Balaban J connectivity index is 2.25. The maximum atomic E-state index is 8.86. The van der Waals surface area contributed by atoms with Crippen LogP contribution in [0.15, 0.2) is 23.4 Å². The van der Waals surface area contributed by atoms with Crippen LogP contribution in [0.3, 0.4) is 0 Å². The van der Waals surface area contributed by atoms with Gasteiger partial charge in [0.1, 0.15) is 11.9 Å². The average molecular weight is 297 g/mol. The van der Waals surface area contributed by atoms with E-state index in [-0.39, 0.29) is 11.9 Å². The Labute approximate surface area is 124 Å². The summed E-state index contributed by atoms with van der Waals surface area (Å²) in [4.78, 5) is 0. The van der Waals surface area contributed by atoms with Crippen molar-refractivity contribution in [2.45, 2.75) is 45.1 Å². The molecule has 4 nitrogen and oxygen atoms in total. The highest BCUT2D eigenvalue weighted by Gasteiger charge is 2.26. The van der Waals surface area contributed by atoms with Crippen LogP contribution in [-0.4, -0.2) is 17.1 Å². The van der Waals surface area contributed by atoms with Crippen molar-refractivity contribution < 1.29 is 9.94 Å². The molecule has 1 aliphatic rings. The summed E-state index contributed by atoms with van der Waals surface area (Å²) in [6.45, 7) is 2.19. The molecule has 0 spiro atoms. The number of oxime groups is 1. The van der Waals surface area contributed by atoms with Gasteiger partial charge in [0.15, 0.2) is 5.84 Å². The Morgan fingerprint density at radius 1 is 1.45 bits per heavy atom. The van der Waals surface area contributed by atoms with E-state index in [1.54, 1.807) is 18.2 Å². The first-order chi connectivity index (χ1) is 9.65. The van der Waals surface area contributed by atoms with Crippen LogP contribution in [0.5, 0.6) is 5.75 Å². The molecule has 110 valence electrons. The molecule has 3 N–H and O–H groups in total. The Morgan fingerprint density at radius 2 is 2.20 bits per heavy atom. The molecular formula is C15H21ClN2O2. The van der Waals surface area contributed by atoms with Crippen molar-refractivity contribution in [1.82, 2.24) is 0 Å². The maximum absolute atomic E-state index is 8.86. The zero-order valence-corrected chi connectivity index (χ0v) is 12.4. The standard InChI is InChI=1S/C15H21ClN2O2/c1-2-10-5-3-4-6-13(10)20-14-9-11(16)7-8-12(14)15(17)18-19/h7-10,13,19H,2-6H2,1H3,(H2,17,18). The van der Waals surface area contributed by atoms with E-state index in [1.165, 1.54) is 19.3 Å². The van der Waals surface area contributed by atoms with Crippen molar-refractivity contribution >= 4 is 17.4 Å². The molecule has 1 aromatic carbocycles. The number of halogens is 1. The zero-order valence-electron chi connectivity index (χ0n) is 11.7. The second kappa shape index (κ2) is 6.84. The molecule has 5 heteroatoms.